The van der Waals surface area contributed by atoms with Crippen LogP contribution in [0, 0.1) is 0 Å². The molecule has 1 atom stereocenters. The topological polar surface area (TPSA) is 159 Å². The second-order valence-electron chi connectivity index (χ2n) is 13.9. The Morgan fingerprint density at radius 3 is 2.47 bits per heavy atom. The number of carbonyl (C=O) groups excluding carboxylic acids is 4. The molecule has 2 N–H and O–H groups in total. The number of esters is 1. The second kappa shape index (κ2) is 17.8. The number of hydrogen-bond acceptors (Lipinski definition) is 9. The largest absolute Gasteiger partial charge is 0.469 e. The van der Waals surface area contributed by atoms with Gasteiger partial charge in [0.05, 0.1) is 31.8 Å². The average molecular weight is 698 g/mol. The fraction of sp³-hybridized carbons (Fsp3) is 0.529. The number of imidazole rings is 1. The van der Waals surface area contributed by atoms with Crippen molar-refractivity contribution in [1.82, 2.24) is 30.0 Å². The number of rotatable bonds is 17. The molecule has 2 heterocycles. The normalized spacial score (nSPS) is 12.2. The molecule has 3 rings (SSSR count). The van der Waals surface area contributed by atoms with Crippen molar-refractivity contribution >= 4 is 37.9 Å². The van der Waals surface area contributed by atoms with E-state index >= 15 is 0 Å². The molecule has 0 bridgehead atoms. The third-order valence-electron chi connectivity index (χ3n) is 7.35. The summed E-state index contributed by atoms with van der Waals surface area (Å²) >= 11 is 0. The third-order valence-corrected chi connectivity index (χ3v) is 9.05. The molecule has 0 spiro atoms. The van der Waals surface area contributed by atoms with Crippen LogP contribution in [0.5, 0.6) is 0 Å². The van der Waals surface area contributed by atoms with Crippen molar-refractivity contribution in [2.24, 2.45) is 7.05 Å². The van der Waals surface area contributed by atoms with Crippen LogP contribution in [-0.2, 0) is 42.4 Å². The maximum Gasteiger partial charge on any atom is 0.417 e. The number of aromatic nitrogens is 4. The molecule has 0 aliphatic heterocycles. The molecule has 3 amide bonds. The van der Waals surface area contributed by atoms with Crippen LogP contribution < -0.4 is 15.5 Å². The fourth-order valence-corrected chi connectivity index (χ4v) is 5.52. The minimum absolute atomic E-state index is 0.0400. The highest BCUT2D eigenvalue weighted by Gasteiger charge is 2.27. The van der Waals surface area contributed by atoms with Crippen LogP contribution in [0.15, 0.2) is 48.9 Å². The van der Waals surface area contributed by atoms with Gasteiger partial charge in [-0.25, -0.2) is 14.7 Å². The van der Waals surface area contributed by atoms with Crippen LogP contribution in [-0.4, -0.2) is 83.7 Å². The van der Waals surface area contributed by atoms with Gasteiger partial charge < -0.3 is 24.8 Å². The van der Waals surface area contributed by atoms with Crippen molar-refractivity contribution in [1.29, 1.82) is 0 Å². The molecular weight excluding hydrogens is 647 g/mol. The van der Waals surface area contributed by atoms with E-state index in [-0.39, 0.29) is 45.0 Å². The Labute approximate surface area is 289 Å². The van der Waals surface area contributed by atoms with Gasteiger partial charge in [0.2, 0.25) is 17.8 Å². The molecule has 0 radical (unpaired) electrons. The molecule has 3 aromatic rings. The lowest BCUT2D eigenvalue weighted by molar-refractivity contribution is -0.141. The summed E-state index contributed by atoms with van der Waals surface area (Å²) in [6.07, 6.45) is 4.64. The molecule has 0 fully saturated rings. The van der Waals surface area contributed by atoms with E-state index in [9.17, 15) is 19.2 Å². The SMILES string of the molecule is COC(=O)C[C@H](NC(=O)CNC(=O)CCCN(C(=O)OC(C)(C)C)c1nccn1COCC[Si](C)(C)C)c1cccc(-c2ccnn2C)c1. The maximum atomic E-state index is 13.2. The van der Waals surface area contributed by atoms with Gasteiger partial charge in [-0.2, -0.15) is 5.10 Å². The summed E-state index contributed by atoms with van der Waals surface area (Å²) < 4.78 is 19.8. The van der Waals surface area contributed by atoms with Crippen LogP contribution in [0.1, 0.15) is 51.6 Å². The van der Waals surface area contributed by atoms with Gasteiger partial charge in [0.25, 0.3) is 0 Å². The van der Waals surface area contributed by atoms with Crippen molar-refractivity contribution in [3.05, 3.63) is 54.5 Å². The smallest absolute Gasteiger partial charge is 0.417 e. The van der Waals surface area contributed by atoms with Crippen LogP contribution in [0.4, 0.5) is 10.7 Å². The summed E-state index contributed by atoms with van der Waals surface area (Å²) in [5.41, 5.74) is 1.70. The molecule has 0 aliphatic rings. The Kier molecular flexibility index (Phi) is 14.1. The van der Waals surface area contributed by atoms with Gasteiger partial charge in [-0.05, 0) is 50.9 Å². The number of benzene rings is 1. The summed E-state index contributed by atoms with van der Waals surface area (Å²) in [6, 6.07) is 9.64. The molecule has 0 unspecified atom stereocenters. The van der Waals surface area contributed by atoms with Crippen LogP contribution >= 0.6 is 0 Å². The Morgan fingerprint density at radius 1 is 1.06 bits per heavy atom. The molecule has 0 saturated carbocycles. The number of anilines is 1. The monoisotopic (exact) mass is 697 g/mol. The summed E-state index contributed by atoms with van der Waals surface area (Å²) in [7, 11) is 1.85. The molecule has 49 heavy (non-hydrogen) atoms. The van der Waals surface area contributed by atoms with E-state index in [1.807, 2.05) is 37.4 Å². The zero-order valence-electron chi connectivity index (χ0n) is 29.9. The molecule has 14 nitrogen and oxygen atoms in total. The molecule has 0 aliphatic carbocycles. The van der Waals surface area contributed by atoms with E-state index in [0.29, 0.717) is 18.1 Å². The summed E-state index contributed by atoms with van der Waals surface area (Å²) in [6.45, 7) is 12.8. The lowest BCUT2D eigenvalue weighted by atomic mass is 10.00. The fourth-order valence-electron chi connectivity index (χ4n) is 4.76. The number of ether oxygens (including phenoxy) is 3. The van der Waals surface area contributed by atoms with Crippen molar-refractivity contribution in [3.8, 4) is 11.3 Å². The van der Waals surface area contributed by atoms with Gasteiger partial charge >= 0.3 is 12.1 Å². The lowest BCUT2D eigenvalue weighted by Crippen LogP contribution is -2.40. The standard InChI is InChI=1S/C34H51N7O7Si/c1-34(2,3)48-33(45)41(32-35-16-18-40(32)24-47-19-20-49(6,7)8)17-10-13-29(42)36-23-30(43)38-27(22-31(44)46-5)25-11-9-12-26(21-25)28-14-15-37-39(28)4/h9,11-12,14-16,18,21,27H,10,13,17,19-20,22-24H2,1-8H3,(H,36,42)(H,38,43)/t27-/m0/s1. The Morgan fingerprint density at radius 2 is 1.82 bits per heavy atom. The van der Waals surface area contributed by atoms with Gasteiger partial charge in [-0.3, -0.25) is 23.6 Å². The summed E-state index contributed by atoms with van der Waals surface area (Å²) in [4.78, 5) is 56.9. The van der Waals surface area contributed by atoms with E-state index in [4.69, 9.17) is 14.2 Å². The van der Waals surface area contributed by atoms with Crippen LogP contribution in [0.3, 0.4) is 0 Å². The van der Waals surface area contributed by atoms with E-state index in [1.165, 1.54) is 12.0 Å². The number of aryl methyl sites for hydroxylation is 1. The third kappa shape index (κ3) is 13.1. The van der Waals surface area contributed by atoms with E-state index in [0.717, 1.165) is 17.3 Å². The Hall–Kier alpha value is -4.50. The number of nitrogens with zero attached hydrogens (tertiary/aromatic N) is 5. The number of amides is 3. The van der Waals surface area contributed by atoms with Gasteiger partial charge in [0.1, 0.15) is 12.3 Å². The number of carbonyl (C=O) groups is 4. The number of methoxy groups -OCH3 is 1. The molecule has 0 saturated heterocycles. The number of nitrogens with one attached hydrogen (secondary N) is 2. The van der Waals surface area contributed by atoms with E-state index in [1.54, 1.807) is 48.6 Å². The van der Waals surface area contributed by atoms with Crippen LogP contribution in [0.2, 0.25) is 25.7 Å². The van der Waals surface area contributed by atoms with Crippen molar-refractivity contribution < 1.29 is 33.4 Å². The predicted octanol–water partition coefficient (Wildman–Crippen LogP) is 4.65. The zero-order chi connectivity index (χ0) is 36.2. The lowest BCUT2D eigenvalue weighted by Gasteiger charge is -2.27. The predicted molar refractivity (Wildman–Crippen MR) is 188 cm³/mol. The zero-order valence-corrected chi connectivity index (χ0v) is 30.9. The highest BCUT2D eigenvalue weighted by Crippen LogP contribution is 2.25. The van der Waals surface area contributed by atoms with Gasteiger partial charge in [-0.15, -0.1) is 0 Å². The number of hydrogen-bond donors (Lipinski definition) is 2. The second-order valence-corrected chi connectivity index (χ2v) is 19.5. The minimum atomic E-state index is -1.27. The first-order valence-electron chi connectivity index (χ1n) is 16.4. The molecule has 15 heteroatoms. The maximum absolute atomic E-state index is 13.2. The first kappa shape index (κ1) is 38.9. The minimum Gasteiger partial charge on any atom is -0.469 e. The van der Waals surface area contributed by atoms with Gasteiger partial charge in [0.15, 0.2) is 0 Å². The first-order chi connectivity index (χ1) is 23.1. The summed E-state index contributed by atoms with van der Waals surface area (Å²) in [5.74, 6) is -0.987. The van der Waals surface area contributed by atoms with Crippen molar-refractivity contribution in [2.75, 3.05) is 31.7 Å². The summed E-state index contributed by atoms with van der Waals surface area (Å²) in [5, 5.41) is 9.68. The van der Waals surface area contributed by atoms with Crippen LogP contribution in [0.25, 0.3) is 11.3 Å². The highest BCUT2D eigenvalue weighted by atomic mass is 28.3. The Bertz CT molecular complexity index is 1560. The molecule has 1 aromatic carbocycles. The first-order valence-corrected chi connectivity index (χ1v) is 20.1. The van der Waals surface area contributed by atoms with Crippen molar-refractivity contribution in [2.45, 2.75) is 84.1 Å². The quantitative estimate of drug-likeness (QED) is 0.116. The van der Waals surface area contributed by atoms with E-state index in [2.05, 4.69) is 40.4 Å². The van der Waals surface area contributed by atoms with Gasteiger partial charge in [-0.1, -0.05) is 37.8 Å². The van der Waals surface area contributed by atoms with Gasteiger partial charge in [0, 0.05) is 58.8 Å². The molecular formula is C34H51N7O7Si. The average Bonchev–Trinajstić information content (AvgIpc) is 3.67. The van der Waals surface area contributed by atoms with E-state index < -0.39 is 37.7 Å². The molecule has 2 aromatic heterocycles. The van der Waals surface area contributed by atoms with Crippen molar-refractivity contribution in [3.63, 3.8) is 0 Å². The Balaban J connectivity index is 1.59. The highest BCUT2D eigenvalue weighted by molar-refractivity contribution is 6.76. The molecule has 268 valence electrons.